The van der Waals surface area contributed by atoms with E-state index in [4.69, 9.17) is 0 Å². The predicted octanol–water partition coefficient (Wildman–Crippen LogP) is 14.2. The number of piperidine rings is 3. The Morgan fingerprint density at radius 2 is 0.673 bits per heavy atom. The van der Waals surface area contributed by atoms with Crippen LogP contribution in [0.5, 0.6) is 0 Å². The molecule has 0 radical (unpaired) electrons. The third kappa shape index (κ3) is 44.5. The molecule has 0 N–H and O–H groups in total. The molecule has 0 aliphatic carbocycles. The van der Waals surface area contributed by atoms with E-state index in [-0.39, 0.29) is 28.6 Å². The summed E-state index contributed by atoms with van der Waals surface area (Å²) in [7, 11) is -3.65. The summed E-state index contributed by atoms with van der Waals surface area (Å²) in [5.41, 5.74) is 2.74. The number of amides is 2. The van der Waals surface area contributed by atoms with Crippen LogP contribution in [-0.2, 0) is 29.6 Å². The molecule has 110 heavy (non-hydrogen) atoms. The fraction of sp³-hybridized carbons (Fsp3) is 0.977. The van der Waals surface area contributed by atoms with Gasteiger partial charge in [-0.2, -0.15) is 20.4 Å². The maximum atomic E-state index is 11.4. The lowest BCUT2D eigenvalue weighted by Gasteiger charge is -2.42. The van der Waals surface area contributed by atoms with E-state index in [9.17, 15) is 26.4 Å². The smallest absolute Gasteiger partial charge is 0.222 e. The van der Waals surface area contributed by atoms with E-state index in [0.29, 0.717) is 64.5 Å². The van der Waals surface area contributed by atoms with Crippen molar-refractivity contribution in [2.24, 2.45) is 0 Å². The lowest BCUT2D eigenvalue weighted by atomic mass is 10.0. The van der Waals surface area contributed by atoms with Gasteiger partial charge in [-0.1, -0.05) is 19.8 Å². The maximum Gasteiger partial charge on any atom is 0.222 e. The molecule has 0 aromatic rings. The molecule has 23 heteroatoms. The summed E-state index contributed by atoms with van der Waals surface area (Å²) in [5.74, 6) is 3.50. The summed E-state index contributed by atoms with van der Waals surface area (Å²) in [6.07, 6.45) is 16.3. The Balaban J connectivity index is 0.000000612. The van der Waals surface area contributed by atoms with Crippen molar-refractivity contribution in [3.8, 4) is 0 Å². The molecule has 10 saturated heterocycles. The molecule has 656 valence electrons. The lowest BCUT2D eigenvalue weighted by molar-refractivity contribution is -0.138. The Morgan fingerprint density at radius 3 is 0.909 bits per heavy atom. The number of hydrogen-bond acceptors (Lipinski definition) is 17. The van der Waals surface area contributed by atoms with Gasteiger partial charge in [0.15, 0.2) is 0 Å². The molecule has 20 nitrogen and oxygen atoms in total. The second-order valence-electron chi connectivity index (χ2n) is 41.7. The highest BCUT2D eigenvalue weighted by atomic mass is 32.2. The highest BCUT2D eigenvalue weighted by molar-refractivity contribution is 7.99. The first kappa shape index (κ1) is 107. The molecule has 0 aromatic carbocycles. The van der Waals surface area contributed by atoms with Gasteiger partial charge in [-0.3, -0.25) is 48.8 Å². The molecule has 0 aromatic heterocycles. The van der Waals surface area contributed by atoms with Crippen molar-refractivity contribution in [3.05, 3.63) is 0 Å². The summed E-state index contributed by atoms with van der Waals surface area (Å²) in [4.78, 5) is 51.4. The van der Waals surface area contributed by atoms with Crippen LogP contribution in [-0.4, -0.2) is 359 Å². The number of likely N-dealkylation sites (tertiary alicyclic amines) is 4. The van der Waals surface area contributed by atoms with Gasteiger partial charge in [0, 0.05) is 212 Å². The molecule has 2 amide bonds. The molecule has 10 aliphatic rings. The van der Waals surface area contributed by atoms with Crippen molar-refractivity contribution >= 4 is 43.6 Å². The number of nitrogens with zero attached hydrogens (tertiary/aromatic N) is 14. The minimum absolute atomic E-state index is 0.0253. The number of likely N-dealkylation sites (N-methyl/N-ethyl adjacent to an activating group) is 2. The highest BCUT2D eigenvalue weighted by Gasteiger charge is 2.34. The normalized spacial score (nSPS) is 22.8. The van der Waals surface area contributed by atoms with Crippen molar-refractivity contribution in [2.75, 3.05) is 207 Å². The van der Waals surface area contributed by atoms with Crippen LogP contribution in [0.1, 0.15) is 292 Å². The molecule has 10 fully saturated rings. The van der Waals surface area contributed by atoms with Crippen LogP contribution in [0.25, 0.3) is 0 Å². The number of hydrogen-bond donors (Lipinski definition) is 0. The van der Waals surface area contributed by atoms with Gasteiger partial charge in [-0.15, -0.1) is 0 Å². The Morgan fingerprint density at radius 1 is 0.382 bits per heavy atom. The van der Waals surface area contributed by atoms with Crippen molar-refractivity contribution in [2.45, 2.75) is 348 Å². The van der Waals surface area contributed by atoms with Crippen LogP contribution < -0.4 is 0 Å². The number of carbonyl (C=O) groups is 2. The molecular formula is C87H184N14O6S3. The quantitative estimate of drug-likeness (QED) is 0.264. The zero-order valence-electron chi connectivity index (χ0n) is 78.7. The van der Waals surface area contributed by atoms with Crippen LogP contribution in [0.4, 0.5) is 0 Å². The molecule has 0 atom stereocenters. The average molecular weight is 1620 g/mol. The van der Waals surface area contributed by atoms with Gasteiger partial charge in [0.25, 0.3) is 0 Å². The third-order valence-corrected chi connectivity index (χ3v) is 27.4. The van der Waals surface area contributed by atoms with Crippen LogP contribution in [0.15, 0.2) is 0 Å². The number of carbonyl (C=O) groups excluding carboxylic acids is 2. The largest absolute Gasteiger partial charge is 0.340 e. The van der Waals surface area contributed by atoms with E-state index >= 15 is 0 Å². The third-order valence-electron chi connectivity index (χ3n) is 23.0. The Kier molecular flexibility index (Phi) is 47.2. The summed E-state index contributed by atoms with van der Waals surface area (Å²) in [6, 6.07) is 0.132. The lowest BCUT2D eigenvalue weighted by Crippen LogP contribution is -2.54. The monoisotopic (exact) mass is 1620 g/mol. The predicted molar refractivity (Wildman–Crippen MR) is 479 cm³/mol. The molecule has 0 spiro atoms. The first-order valence-electron chi connectivity index (χ1n) is 43.6. The number of thioether (sulfide) groups is 1. The first-order chi connectivity index (χ1) is 50.1. The minimum atomic E-state index is -2.99. The first-order valence-corrected chi connectivity index (χ1v) is 48.2. The van der Waals surface area contributed by atoms with Gasteiger partial charge >= 0.3 is 0 Å². The van der Waals surface area contributed by atoms with Crippen molar-refractivity contribution < 1.29 is 26.4 Å². The van der Waals surface area contributed by atoms with E-state index in [1.807, 2.05) is 23.6 Å². The zero-order chi connectivity index (χ0) is 84.7. The Labute approximate surface area is 688 Å². The van der Waals surface area contributed by atoms with Gasteiger partial charge in [0.1, 0.15) is 0 Å². The second kappa shape index (κ2) is 48.7. The molecule has 10 aliphatic heterocycles. The summed E-state index contributed by atoms with van der Waals surface area (Å²) in [5, 5.41) is 0. The molecule has 10 rings (SSSR count). The average Bonchev–Trinajstić information content (AvgIpc) is 1.34. The summed E-state index contributed by atoms with van der Waals surface area (Å²) in [6.45, 7) is 98.2. The van der Waals surface area contributed by atoms with Gasteiger partial charge in [-0.05, 0) is 311 Å². The summed E-state index contributed by atoms with van der Waals surface area (Å²) < 4.78 is 47.9. The number of piperazine rings is 4. The van der Waals surface area contributed by atoms with Crippen LogP contribution in [0.2, 0.25) is 0 Å². The topological polar surface area (TPSA) is 148 Å². The van der Waals surface area contributed by atoms with E-state index in [2.05, 4.69) is 262 Å². The van der Waals surface area contributed by atoms with E-state index < -0.39 is 20.0 Å². The van der Waals surface area contributed by atoms with Crippen LogP contribution in [0, 0.1) is 0 Å². The Bertz CT molecular complexity index is 2610. The SMILES string of the molecule is CC(=O)N1CCN(C(C)(C)C)CC1.CC(C)(C)N1CCCC1.CC(C)(C)N1CCCCC1.CC(C)(C)N1CCCCC1.CC(C)(C)N1CCCCC1=O.CC(C)(C)N1CCN(S(C)(=O)=O)CC1.CC(C)(C)N1CCSCC1.CC(C)N1CCCS1(=O)=O.CCN1CCN(C(C)(C)C)CC1.CN1CCN(C(C)(C)C)CC1. The van der Waals surface area contributed by atoms with Crippen LogP contribution in [0.3, 0.4) is 0 Å². The van der Waals surface area contributed by atoms with Gasteiger partial charge in [0.2, 0.25) is 31.9 Å². The maximum absolute atomic E-state index is 11.4. The highest BCUT2D eigenvalue weighted by Crippen LogP contribution is 2.26. The molecule has 10 heterocycles. The second-order valence-corrected chi connectivity index (χ2v) is 46.9. The van der Waals surface area contributed by atoms with Gasteiger partial charge in [0.05, 0.1) is 12.0 Å². The fourth-order valence-electron chi connectivity index (χ4n) is 15.1. The molecule has 0 saturated carbocycles. The van der Waals surface area contributed by atoms with Crippen LogP contribution >= 0.6 is 11.8 Å². The fourth-order valence-corrected chi connectivity index (χ4v) is 18.6. The molecule has 0 bridgehead atoms. The van der Waals surface area contributed by atoms with Crippen molar-refractivity contribution in [3.63, 3.8) is 0 Å². The van der Waals surface area contributed by atoms with E-state index in [1.54, 1.807) is 15.5 Å². The zero-order valence-corrected chi connectivity index (χ0v) is 81.2. The van der Waals surface area contributed by atoms with E-state index in [1.165, 1.54) is 187 Å². The van der Waals surface area contributed by atoms with Crippen molar-refractivity contribution in [1.29, 1.82) is 0 Å². The van der Waals surface area contributed by atoms with Gasteiger partial charge in [-0.25, -0.2) is 16.8 Å². The van der Waals surface area contributed by atoms with Gasteiger partial charge < -0.3 is 19.6 Å². The molecular weight excluding hydrogens is 1430 g/mol. The van der Waals surface area contributed by atoms with E-state index in [0.717, 1.165) is 65.1 Å². The number of rotatable bonds is 3. The number of sulfonamides is 2. The molecule has 0 unspecified atom stereocenters. The Hall–Kier alpha value is -1.29. The van der Waals surface area contributed by atoms with Crippen molar-refractivity contribution in [1.82, 2.24) is 67.4 Å². The minimum Gasteiger partial charge on any atom is -0.340 e. The summed E-state index contributed by atoms with van der Waals surface area (Å²) >= 11 is 2.07. The standard InChI is InChI=1S/C10H20N2O.C10H22N2.C9H20N2O2S.C9H20N2.C9H17NO.2C9H19N.C8H17NS.C8H17N.C6H13NO2S/c1-9(13)11-5-7-12(8-6-11)10(2,3)4;1-5-11-6-8-12(9-7-11)10(2,3)4;1-9(2,3)10-5-7-11(8-6-10)14(4,12)13;1-9(2,3)11-7-5-10(4)6-8-11;1-9(2,3)10-7-5-4-6-8(10)11;2*1-9(2,3)10-7-5-4-6-8-10;1-8(2,3)9-4-6-10-7-5-9;1-8(2,3)9-6-4-5-7-9;1-6(2)7-4-3-5-10(7,8)9/h5-8H2,1-4H3;5-9H2,1-4H3;5-8H2,1-4H3;5-8H2,1-4H3;4-7H2,1-3H3;2*4-8H2,1-3H3;4-7H2,1-3H3;4-7H2,1-3H3;6H,3-5H2,1-2H3.